The molecule has 0 aromatic carbocycles. The molecule has 0 saturated carbocycles. The predicted molar refractivity (Wildman–Crippen MR) is 38.8 cm³/mol. The van der Waals surface area contributed by atoms with Crippen LogP contribution in [0.4, 0.5) is 0 Å². The SMILES string of the molecule is CC(=O)C1=C[CH+]C(=O)C=C1O. The molecule has 0 spiro atoms. The Morgan fingerprint density at radius 3 is 2.73 bits per heavy atom. The number of aliphatic hydroxyl groups excluding tert-OH is 1. The normalized spacial score (nSPS) is 16.6. The maximum absolute atomic E-state index is 10.7. The number of carbonyl (C=O) groups is 2. The van der Waals surface area contributed by atoms with E-state index in [0.717, 1.165) is 6.08 Å². The zero-order valence-corrected chi connectivity index (χ0v) is 6.00. The van der Waals surface area contributed by atoms with E-state index in [1.807, 2.05) is 0 Å². The van der Waals surface area contributed by atoms with E-state index in [0.29, 0.717) is 0 Å². The topological polar surface area (TPSA) is 54.4 Å². The van der Waals surface area contributed by atoms with Crippen LogP contribution in [-0.4, -0.2) is 16.7 Å². The highest BCUT2D eigenvalue weighted by Crippen LogP contribution is 2.13. The molecule has 1 N–H and O–H groups in total. The molecule has 0 unspecified atom stereocenters. The highest BCUT2D eigenvalue weighted by atomic mass is 16.3. The lowest BCUT2D eigenvalue weighted by Gasteiger charge is -1.96. The third kappa shape index (κ3) is 1.49. The lowest BCUT2D eigenvalue weighted by atomic mass is 10.0. The molecule has 56 valence electrons. The van der Waals surface area contributed by atoms with Crippen LogP contribution >= 0.6 is 0 Å². The van der Waals surface area contributed by atoms with Crippen LogP contribution in [0.1, 0.15) is 6.92 Å². The molecule has 11 heavy (non-hydrogen) atoms. The van der Waals surface area contributed by atoms with Crippen LogP contribution in [-0.2, 0) is 9.59 Å². The Morgan fingerprint density at radius 2 is 2.27 bits per heavy atom. The first-order valence-corrected chi connectivity index (χ1v) is 3.12. The van der Waals surface area contributed by atoms with Gasteiger partial charge < -0.3 is 5.11 Å². The molecular formula is C8H7O3+. The summed E-state index contributed by atoms with van der Waals surface area (Å²) in [5, 5.41) is 9.04. The highest BCUT2D eigenvalue weighted by molar-refractivity contribution is 6.07. The molecule has 0 atom stereocenters. The van der Waals surface area contributed by atoms with Crippen LogP contribution in [0.25, 0.3) is 0 Å². The Labute approximate surface area is 64.0 Å². The Morgan fingerprint density at radius 1 is 1.64 bits per heavy atom. The number of aliphatic hydroxyl groups is 1. The van der Waals surface area contributed by atoms with Gasteiger partial charge in [0.05, 0.1) is 12.5 Å². The highest BCUT2D eigenvalue weighted by Gasteiger charge is 2.24. The molecule has 3 heteroatoms. The Hall–Kier alpha value is -1.51. The first-order chi connectivity index (χ1) is 5.11. The van der Waals surface area contributed by atoms with Crippen LogP contribution in [0.5, 0.6) is 0 Å². The summed E-state index contributed by atoms with van der Waals surface area (Å²) >= 11 is 0. The molecule has 0 aliphatic heterocycles. The van der Waals surface area contributed by atoms with Gasteiger partial charge in [0.2, 0.25) is 11.5 Å². The van der Waals surface area contributed by atoms with Gasteiger partial charge in [0, 0.05) is 6.92 Å². The van der Waals surface area contributed by atoms with Gasteiger partial charge in [0.25, 0.3) is 5.78 Å². The van der Waals surface area contributed by atoms with Crippen LogP contribution in [0.2, 0.25) is 0 Å². The van der Waals surface area contributed by atoms with Gasteiger partial charge >= 0.3 is 0 Å². The third-order valence-electron chi connectivity index (χ3n) is 1.35. The Balaban J connectivity index is 2.94. The molecule has 0 aromatic rings. The fourth-order valence-electron chi connectivity index (χ4n) is 0.809. The second kappa shape index (κ2) is 2.62. The molecule has 0 aromatic heterocycles. The molecule has 3 nitrogen and oxygen atoms in total. The number of hydrogen-bond acceptors (Lipinski definition) is 3. The molecule has 0 amide bonds. The second-order valence-electron chi connectivity index (χ2n) is 2.24. The maximum Gasteiger partial charge on any atom is 0.288 e. The van der Waals surface area contributed by atoms with Crippen molar-refractivity contribution in [3.63, 3.8) is 0 Å². The first kappa shape index (κ1) is 7.60. The van der Waals surface area contributed by atoms with E-state index in [1.165, 1.54) is 19.4 Å². The van der Waals surface area contributed by atoms with Crippen molar-refractivity contribution < 1.29 is 14.7 Å². The lowest BCUT2D eigenvalue weighted by Crippen LogP contribution is -2.08. The van der Waals surface area contributed by atoms with Crippen molar-refractivity contribution in [2.45, 2.75) is 6.92 Å². The fourth-order valence-corrected chi connectivity index (χ4v) is 0.809. The summed E-state index contributed by atoms with van der Waals surface area (Å²) in [6.45, 7) is 1.33. The molecule has 1 aliphatic carbocycles. The number of carbonyl (C=O) groups excluding carboxylic acids is 2. The van der Waals surface area contributed by atoms with E-state index in [2.05, 4.69) is 0 Å². The third-order valence-corrected chi connectivity index (χ3v) is 1.35. The zero-order valence-electron chi connectivity index (χ0n) is 6.00. The summed E-state index contributed by atoms with van der Waals surface area (Å²) in [4.78, 5) is 21.3. The van der Waals surface area contributed by atoms with Crippen LogP contribution in [0.3, 0.4) is 0 Å². The number of ketones is 2. The molecule has 1 aliphatic rings. The van der Waals surface area contributed by atoms with Crippen molar-refractivity contribution >= 4 is 11.6 Å². The van der Waals surface area contributed by atoms with Gasteiger partial charge in [-0.1, -0.05) is 0 Å². The monoisotopic (exact) mass is 151 g/mol. The van der Waals surface area contributed by atoms with Gasteiger partial charge in [-0.3, -0.25) is 9.59 Å². The molecule has 0 bridgehead atoms. The average Bonchev–Trinajstić information content (AvgIpc) is 1.85. The predicted octanol–water partition coefficient (Wildman–Crippen LogP) is 0.731. The summed E-state index contributed by atoms with van der Waals surface area (Å²) < 4.78 is 0. The molecule has 0 fully saturated rings. The first-order valence-electron chi connectivity index (χ1n) is 3.12. The average molecular weight is 151 g/mol. The number of Topliss-reactive ketones (excluding diaryl/α,β-unsaturated/α-hetero) is 1. The van der Waals surface area contributed by atoms with Gasteiger partial charge in [-0.2, -0.15) is 0 Å². The van der Waals surface area contributed by atoms with Crippen molar-refractivity contribution in [2.75, 3.05) is 0 Å². The van der Waals surface area contributed by atoms with Crippen LogP contribution in [0.15, 0.2) is 23.5 Å². The van der Waals surface area contributed by atoms with Crippen molar-refractivity contribution in [1.82, 2.24) is 0 Å². The Kier molecular flexibility index (Phi) is 1.81. The minimum atomic E-state index is -0.299. The van der Waals surface area contributed by atoms with E-state index in [-0.39, 0.29) is 22.9 Å². The summed E-state index contributed by atoms with van der Waals surface area (Å²) in [7, 11) is 0. The number of allylic oxidation sites excluding steroid dienone is 3. The van der Waals surface area contributed by atoms with Gasteiger partial charge in [-0.15, -0.1) is 0 Å². The van der Waals surface area contributed by atoms with Crippen LogP contribution in [0, 0.1) is 6.42 Å². The lowest BCUT2D eigenvalue weighted by molar-refractivity contribution is -0.113. The van der Waals surface area contributed by atoms with E-state index in [9.17, 15) is 9.59 Å². The van der Waals surface area contributed by atoms with Crippen molar-refractivity contribution in [3.8, 4) is 0 Å². The molecule has 1 rings (SSSR count). The largest absolute Gasteiger partial charge is 0.487 e. The second-order valence-corrected chi connectivity index (χ2v) is 2.24. The number of hydrogen-bond donors (Lipinski definition) is 1. The van der Waals surface area contributed by atoms with Gasteiger partial charge in [-0.25, -0.2) is 0 Å². The summed E-state index contributed by atoms with van der Waals surface area (Å²) in [5.41, 5.74) is 0.185. The van der Waals surface area contributed by atoms with E-state index in [4.69, 9.17) is 5.11 Å². The van der Waals surface area contributed by atoms with Crippen molar-refractivity contribution in [1.29, 1.82) is 0 Å². The molecule has 0 heterocycles. The van der Waals surface area contributed by atoms with E-state index in [1.54, 1.807) is 0 Å². The summed E-state index contributed by atoms with van der Waals surface area (Å²) in [6, 6.07) is 0. The minimum Gasteiger partial charge on any atom is -0.487 e. The van der Waals surface area contributed by atoms with Gasteiger partial charge in [0.1, 0.15) is 6.08 Å². The fraction of sp³-hybridized carbons (Fsp3) is 0.125. The Bertz CT molecular complexity index is 271. The zero-order chi connectivity index (χ0) is 8.43. The summed E-state index contributed by atoms with van der Waals surface area (Å²) in [5.74, 6) is -0.792. The standard InChI is InChI=1S/C8H6O3/c1-5(9)7-3-2-6(10)4-8(7)11/h2-4H,1H3/p+1. The van der Waals surface area contributed by atoms with Crippen molar-refractivity contribution in [3.05, 3.63) is 29.9 Å². The number of rotatable bonds is 1. The molecule has 0 radical (unpaired) electrons. The minimum absolute atomic E-state index is 0.185. The smallest absolute Gasteiger partial charge is 0.288 e. The quantitative estimate of drug-likeness (QED) is 0.562. The van der Waals surface area contributed by atoms with Gasteiger partial charge in [0.15, 0.2) is 5.57 Å². The van der Waals surface area contributed by atoms with E-state index >= 15 is 0 Å². The van der Waals surface area contributed by atoms with E-state index < -0.39 is 0 Å². The van der Waals surface area contributed by atoms with Crippen molar-refractivity contribution in [2.24, 2.45) is 0 Å². The summed E-state index contributed by atoms with van der Waals surface area (Å²) in [6.07, 6.45) is 3.59. The molecular weight excluding hydrogens is 144 g/mol. The molecule has 0 saturated heterocycles. The van der Waals surface area contributed by atoms with Crippen LogP contribution < -0.4 is 0 Å². The van der Waals surface area contributed by atoms with Gasteiger partial charge in [-0.05, 0) is 0 Å². The maximum atomic E-state index is 10.7.